The van der Waals surface area contributed by atoms with Crippen LogP contribution in [-0.4, -0.2) is 30.1 Å². The van der Waals surface area contributed by atoms with Crippen molar-refractivity contribution in [3.63, 3.8) is 0 Å². The van der Waals surface area contributed by atoms with Crippen LogP contribution in [0.3, 0.4) is 0 Å². The van der Waals surface area contributed by atoms with Gasteiger partial charge >= 0.3 is 5.97 Å². The number of ketones is 1. The number of hydrogen-bond donors (Lipinski definition) is 1. The number of ether oxygens (including phenoxy) is 1. The largest absolute Gasteiger partial charge is 0.469 e. The number of terminal acetylenes is 1. The quantitative estimate of drug-likeness (QED) is 0.479. The molecule has 0 aromatic rings. The first-order chi connectivity index (χ1) is 15.2. The summed E-state index contributed by atoms with van der Waals surface area (Å²) in [6.45, 7) is 7.13. The van der Waals surface area contributed by atoms with Crippen molar-refractivity contribution in [3.8, 4) is 12.3 Å². The van der Waals surface area contributed by atoms with Gasteiger partial charge in [-0.1, -0.05) is 20.8 Å². The van der Waals surface area contributed by atoms with Crippen LogP contribution < -0.4 is 0 Å². The van der Waals surface area contributed by atoms with Gasteiger partial charge in [0.05, 0.1) is 13.2 Å². The van der Waals surface area contributed by atoms with E-state index in [1.165, 1.54) is 13.5 Å². The molecule has 1 N–H and O–H groups in total. The van der Waals surface area contributed by atoms with Gasteiger partial charge in [-0.15, -0.1) is 12.3 Å². The SMILES string of the molecule is C#CC[C@H]1C(=O)[C@@H]2[C@H](CC[C@]3(C)[C@@H]([C@H](C)CCC(=O)OC)CC[C@@H]23)[C@@]2(C)CC[C@@H](O)C[C@@H]12. The Hall–Kier alpha value is -1.34. The number of fused-ring (bicyclic) bond motifs is 5. The molecule has 4 heteroatoms. The molecule has 0 aliphatic heterocycles. The minimum absolute atomic E-state index is 0.0978. The third-order valence-electron chi connectivity index (χ3n) is 10.8. The number of Topliss-reactive ketones (excluding diaryl/α,β-unsaturated/α-hetero) is 1. The molecular formula is C28H42O4. The molecule has 0 aromatic heterocycles. The Bertz CT molecular complexity index is 783. The topological polar surface area (TPSA) is 63.6 Å². The molecule has 4 aliphatic rings. The van der Waals surface area contributed by atoms with Crippen molar-refractivity contribution in [3.05, 3.63) is 0 Å². The summed E-state index contributed by atoms with van der Waals surface area (Å²) in [4.78, 5) is 25.7. The molecule has 0 unspecified atom stereocenters. The van der Waals surface area contributed by atoms with E-state index in [1.54, 1.807) is 0 Å². The molecule has 0 radical (unpaired) electrons. The number of esters is 1. The van der Waals surface area contributed by atoms with Crippen LogP contribution in [0, 0.1) is 64.6 Å². The Kier molecular flexibility index (Phi) is 6.54. The van der Waals surface area contributed by atoms with Gasteiger partial charge in [0.25, 0.3) is 0 Å². The van der Waals surface area contributed by atoms with Gasteiger partial charge in [0.2, 0.25) is 0 Å². The first-order valence-corrected chi connectivity index (χ1v) is 12.9. The van der Waals surface area contributed by atoms with Crippen LogP contribution in [0.15, 0.2) is 0 Å². The van der Waals surface area contributed by atoms with Crippen molar-refractivity contribution in [1.82, 2.24) is 0 Å². The second kappa shape index (κ2) is 8.79. The third kappa shape index (κ3) is 3.64. The molecule has 0 amide bonds. The minimum atomic E-state index is -0.293. The number of carbonyl (C=O) groups is 2. The van der Waals surface area contributed by atoms with Gasteiger partial charge in [0.1, 0.15) is 5.78 Å². The van der Waals surface area contributed by atoms with Crippen LogP contribution in [-0.2, 0) is 14.3 Å². The van der Waals surface area contributed by atoms with Gasteiger partial charge < -0.3 is 9.84 Å². The predicted octanol–water partition coefficient (Wildman–Crippen LogP) is 5.02. The van der Waals surface area contributed by atoms with Crippen LogP contribution in [0.1, 0.15) is 85.0 Å². The Morgan fingerprint density at radius 1 is 1.16 bits per heavy atom. The second-order valence-corrected chi connectivity index (χ2v) is 12.0. The highest BCUT2D eigenvalue weighted by atomic mass is 16.5. The van der Waals surface area contributed by atoms with Crippen LogP contribution in [0.2, 0.25) is 0 Å². The van der Waals surface area contributed by atoms with Crippen molar-refractivity contribution < 1.29 is 19.4 Å². The van der Waals surface area contributed by atoms with Crippen LogP contribution in [0.5, 0.6) is 0 Å². The normalized spacial score (nSPS) is 46.4. The van der Waals surface area contributed by atoms with Crippen molar-refractivity contribution >= 4 is 11.8 Å². The Morgan fingerprint density at radius 3 is 2.53 bits per heavy atom. The first kappa shape index (κ1) is 23.8. The molecule has 0 heterocycles. The molecule has 0 saturated heterocycles. The highest BCUT2D eigenvalue weighted by Crippen LogP contribution is 2.68. The van der Waals surface area contributed by atoms with Gasteiger partial charge in [-0.05, 0) is 91.8 Å². The maximum atomic E-state index is 14.0. The van der Waals surface area contributed by atoms with Gasteiger partial charge in [-0.3, -0.25) is 9.59 Å². The summed E-state index contributed by atoms with van der Waals surface area (Å²) in [5.74, 6) is 5.17. The maximum Gasteiger partial charge on any atom is 0.305 e. The number of carbonyl (C=O) groups excluding carboxylic acids is 2. The van der Waals surface area contributed by atoms with E-state index in [0.29, 0.717) is 42.3 Å². The fourth-order valence-electron chi connectivity index (χ4n) is 9.14. The fraction of sp³-hybridized carbons (Fsp3) is 0.857. The van der Waals surface area contributed by atoms with Crippen molar-refractivity contribution in [2.45, 2.75) is 91.1 Å². The lowest BCUT2D eigenvalue weighted by molar-refractivity contribution is -0.172. The van der Waals surface area contributed by atoms with Crippen molar-refractivity contribution in [2.75, 3.05) is 7.11 Å². The number of methoxy groups -OCH3 is 1. The number of aliphatic hydroxyl groups excluding tert-OH is 1. The molecule has 0 spiro atoms. The zero-order valence-corrected chi connectivity index (χ0v) is 20.4. The van der Waals surface area contributed by atoms with E-state index in [4.69, 9.17) is 11.2 Å². The number of aliphatic hydroxyl groups is 1. The van der Waals surface area contributed by atoms with Gasteiger partial charge in [-0.25, -0.2) is 0 Å². The zero-order valence-electron chi connectivity index (χ0n) is 20.4. The Morgan fingerprint density at radius 2 is 1.84 bits per heavy atom. The molecule has 10 atom stereocenters. The minimum Gasteiger partial charge on any atom is -0.469 e. The summed E-state index contributed by atoms with van der Waals surface area (Å²) in [5.41, 5.74) is 0.264. The van der Waals surface area contributed by atoms with Crippen LogP contribution >= 0.6 is 0 Å². The summed E-state index contributed by atoms with van der Waals surface area (Å²) < 4.78 is 4.87. The lowest BCUT2D eigenvalue weighted by atomic mass is 9.42. The molecule has 32 heavy (non-hydrogen) atoms. The summed E-state index contributed by atoms with van der Waals surface area (Å²) in [7, 11) is 1.46. The summed E-state index contributed by atoms with van der Waals surface area (Å²) in [6.07, 6.45) is 14.4. The number of rotatable bonds is 5. The molecule has 0 aromatic carbocycles. The molecule has 0 bridgehead atoms. The Labute approximate surface area is 194 Å². The molecule has 4 nitrogen and oxygen atoms in total. The van der Waals surface area contributed by atoms with Crippen LogP contribution in [0.25, 0.3) is 0 Å². The maximum absolute atomic E-state index is 14.0. The molecule has 4 rings (SSSR count). The van der Waals surface area contributed by atoms with E-state index in [-0.39, 0.29) is 40.7 Å². The van der Waals surface area contributed by atoms with Gasteiger partial charge in [-0.2, -0.15) is 0 Å². The lowest BCUT2D eigenvalue weighted by Crippen LogP contribution is -2.60. The zero-order chi connectivity index (χ0) is 23.3. The van der Waals surface area contributed by atoms with Gasteiger partial charge in [0, 0.05) is 24.7 Å². The van der Waals surface area contributed by atoms with E-state index in [2.05, 4.69) is 26.7 Å². The molecule has 178 valence electrons. The first-order valence-electron chi connectivity index (χ1n) is 12.9. The number of hydrogen-bond acceptors (Lipinski definition) is 4. The van der Waals surface area contributed by atoms with Crippen molar-refractivity contribution in [1.29, 1.82) is 0 Å². The molecule has 4 saturated carbocycles. The highest BCUT2D eigenvalue weighted by Gasteiger charge is 2.65. The average Bonchev–Trinajstić information content (AvgIpc) is 3.12. The van der Waals surface area contributed by atoms with E-state index < -0.39 is 0 Å². The third-order valence-corrected chi connectivity index (χ3v) is 10.8. The lowest BCUT2D eigenvalue weighted by Gasteiger charge is -2.62. The van der Waals surface area contributed by atoms with E-state index in [9.17, 15) is 14.7 Å². The molecule has 4 aliphatic carbocycles. The van der Waals surface area contributed by atoms with E-state index in [1.807, 2.05) is 0 Å². The van der Waals surface area contributed by atoms with Crippen LogP contribution in [0.4, 0.5) is 0 Å². The average molecular weight is 443 g/mol. The van der Waals surface area contributed by atoms with Crippen molar-refractivity contribution in [2.24, 2.45) is 52.3 Å². The standard InChI is InChI=1S/C28H42O4/c1-6-7-19-23-16-18(29)12-14-28(23,4)22-13-15-27(3)20(17(2)8-11-24(30)32-5)9-10-21(27)25(22)26(19)31/h1,17-23,25,29H,7-16H2,2-5H3/t17-,18-,19-,20-,21+,22+,23+,25+,27-,28-/m1/s1. The summed E-state index contributed by atoms with van der Waals surface area (Å²) in [5, 5.41) is 10.4. The summed E-state index contributed by atoms with van der Waals surface area (Å²) >= 11 is 0. The fourth-order valence-corrected chi connectivity index (χ4v) is 9.14. The predicted molar refractivity (Wildman–Crippen MR) is 124 cm³/mol. The smallest absolute Gasteiger partial charge is 0.305 e. The Balaban J connectivity index is 1.61. The summed E-state index contributed by atoms with van der Waals surface area (Å²) in [6, 6.07) is 0. The monoisotopic (exact) mass is 442 g/mol. The second-order valence-electron chi connectivity index (χ2n) is 12.0. The van der Waals surface area contributed by atoms with E-state index >= 15 is 0 Å². The molecular weight excluding hydrogens is 400 g/mol. The van der Waals surface area contributed by atoms with E-state index in [0.717, 1.165) is 44.9 Å². The molecule has 4 fully saturated rings. The highest BCUT2D eigenvalue weighted by molar-refractivity contribution is 5.86. The van der Waals surface area contributed by atoms with Gasteiger partial charge in [0.15, 0.2) is 0 Å².